The van der Waals surface area contributed by atoms with E-state index in [1.165, 1.54) is 17.7 Å². The van der Waals surface area contributed by atoms with Crippen LogP contribution in [-0.2, 0) is 6.54 Å². The molecule has 2 aromatic rings. The molecule has 0 aliphatic rings. The van der Waals surface area contributed by atoms with E-state index in [-0.39, 0.29) is 5.82 Å². The van der Waals surface area contributed by atoms with Crippen molar-refractivity contribution in [3.8, 4) is 11.5 Å². The Morgan fingerprint density at radius 3 is 2.74 bits per heavy atom. The largest absolute Gasteiger partial charge is 0.457 e. The van der Waals surface area contributed by atoms with Crippen LogP contribution in [0.25, 0.3) is 0 Å². The number of halogens is 1. The number of nitrogens with one attached hydrogen (secondary N) is 1. The molecule has 0 atom stereocenters. The highest BCUT2D eigenvalue weighted by Gasteiger charge is 2.05. The number of hydrogen-bond donors (Lipinski definition) is 1. The Morgan fingerprint density at radius 1 is 1.16 bits per heavy atom. The van der Waals surface area contributed by atoms with Gasteiger partial charge in [0.1, 0.15) is 17.3 Å². The van der Waals surface area contributed by atoms with Crippen LogP contribution >= 0.6 is 0 Å². The van der Waals surface area contributed by atoms with Gasteiger partial charge < -0.3 is 10.1 Å². The summed E-state index contributed by atoms with van der Waals surface area (Å²) in [6, 6.07) is 12.2. The molecular weight excluding hydrogens is 241 g/mol. The Morgan fingerprint density at radius 2 is 2.00 bits per heavy atom. The van der Waals surface area contributed by atoms with E-state index in [4.69, 9.17) is 4.74 Å². The van der Waals surface area contributed by atoms with Crippen LogP contribution in [0.15, 0.2) is 42.5 Å². The minimum absolute atomic E-state index is 0.294. The highest BCUT2D eigenvalue weighted by atomic mass is 19.1. The highest BCUT2D eigenvalue weighted by Crippen LogP contribution is 2.26. The minimum atomic E-state index is -0.294. The van der Waals surface area contributed by atoms with Crippen molar-refractivity contribution in [1.29, 1.82) is 0 Å². The van der Waals surface area contributed by atoms with Crippen molar-refractivity contribution >= 4 is 0 Å². The van der Waals surface area contributed by atoms with Gasteiger partial charge in [0.25, 0.3) is 0 Å². The lowest BCUT2D eigenvalue weighted by Gasteiger charge is -2.12. The lowest BCUT2D eigenvalue weighted by molar-refractivity contribution is 0.468. The van der Waals surface area contributed by atoms with E-state index in [0.29, 0.717) is 5.75 Å². The van der Waals surface area contributed by atoms with Gasteiger partial charge in [0.2, 0.25) is 0 Å². The molecule has 0 unspecified atom stereocenters. The predicted molar refractivity (Wildman–Crippen MR) is 75.0 cm³/mol. The Balaban J connectivity index is 2.23. The van der Waals surface area contributed by atoms with Crippen LogP contribution < -0.4 is 10.1 Å². The first-order chi connectivity index (χ1) is 9.19. The Kier molecular flexibility index (Phi) is 4.53. The van der Waals surface area contributed by atoms with Crippen molar-refractivity contribution in [3.05, 3.63) is 59.4 Å². The zero-order valence-electron chi connectivity index (χ0n) is 11.2. The van der Waals surface area contributed by atoms with Crippen molar-refractivity contribution < 1.29 is 9.13 Å². The molecule has 0 aromatic heterocycles. The lowest BCUT2D eigenvalue weighted by atomic mass is 10.1. The van der Waals surface area contributed by atoms with Crippen LogP contribution in [0.1, 0.15) is 18.1 Å². The molecule has 2 nitrogen and oxygen atoms in total. The molecule has 0 saturated carbocycles. The van der Waals surface area contributed by atoms with Crippen LogP contribution in [0.2, 0.25) is 0 Å². The summed E-state index contributed by atoms with van der Waals surface area (Å²) < 4.78 is 18.9. The molecule has 0 fully saturated rings. The van der Waals surface area contributed by atoms with Crippen molar-refractivity contribution in [2.24, 2.45) is 0 Å². The second-order valence-electron chi connectivity index (χ2n) is 4.45. The summed E-state index contributed by atoms with van der Waals surface area (Å²) >= 11 is 0. The van der Waals surface area contributed by atoms with Crippen LogP contribution in [-0.4, -0.2) is 6.54 Å². The number of ether oxygens (including phenoxy) is 1. The number of hydrogen-bond acceptors (Lipinski definition) is 2. The summed E-state index contributed by atoms with van der Waals surface area (Å²) in [5.41, 5.74) is 2.26. The maximum atomic E-state index is 13.1. The Labute approximate surface area is 113 Å². The van der Waals surface area contributed by atoms with Gasteiger partial charge in [-0.25, -0.2) is 4.39 Å². The fourth-order valence-corrected chi connectivity index (χ4v) is 1.86. The van der Waals surface area contributed by atoms with Gasteiger partial charge in [0, 0.05) is 18.2 Å². The first-order valence-electron chi connectivity index (χ1n) is 6.42. The molecule has 0 spiro atoms. The monoisotopic (exact) mass is 259 g/mol. The molecular formula is C16H18FNO. The number of benzene rings is 2. The quantitative estimate of drug-likeness (QED) is 0.875. The summed E-state index contributed by atoms with van der Waals surface area (Å²) in [5.74, 6) is 0.983. The van der Waals surface area contributed by atoms with Crippen LogP contribution in [0.4, 0.5) is 4.39 Å². The summed E-state index contributed by atoms with van der Waals surface area (Å²) in [7, 11) is 0. The third kappa shape index (κ3) is 3.80. The zero-order chi connectivity index (χ0) is 13.7. The van der Waals surface area contributed by atoms with Crippen LogP contribution in [0.3, 0.4) is 0 Å². The second kappa shape index (κ2) is 6.34. The third-order valence-corrected chi connectivity index (χ3v) is 2.81. The first-order valence-corrected chi connectivity index (χ1v) is 6.42. The standard InChI is InChI=1S/C16H18FNO/c1-3-18-11-13-9-12(2)7-8-16(13)19-15-6-4-5-14(17)10-15/h4-10,18H,3,11H2,1-2H3. The van der Waals surface area contributed by atoms with Gasteiger partial charge in [0.05, 0.1) is 0 Å². The molecule has 2 rings (SSSR count). The molecule has 0 radical (unpaired) electrons. The summed E-state index contributed by atoms with van der Waals surface area (Å²) in [4.78, 5) is 0. The normalized spacial score (nSPS) is 10.5. The van der Waals surface area contributed by atoms with Crippen molar-refractivity contribution in [2.75, 3.05) is 6.54 Å². The molecule has 0 heterocycles. The molecule has 2 aromatic carbocycles. The third-order valence-electron chi connectivity index (χ3n) is 2.81. The molecule has 3 heteroatoms. The highest BCUT2D eigenvalue weighted by molar-refractivity contribution is 5.40. The molecule has 1 N–H and O–H groups in total. The van der Waals surface area contributed by atoms with Crippen LogP contribution in [0.5, 0.6) is 11.5 Å². The fraction of sp³-hybridized carbons (Fsp3) is 0.250. The maximum absolute atomic E-state index is 13.1. The predicted octanol–water partition coefficient (Wildman–Crippen LogP) is 4.04. The molecule has 100 valence electrons. The SMILES string of the molecule is CCNCc1cc(C)ccc1Oc1cccc(F)c1. The maximum Gasteiger partial charge on any atom is 0.131 e. The summed E-state index contributed by atoms with van der Waals surface area (Å²) in [6.45, 7) is 5.74. The van der Waals surface area contributed by atoms with Crippen molar-refractivity contribution in [1.82, 2.24) is 5.32 Å². The molecule has 0 bridgehead atoms. The van der Waals surface area contributed by atoms with E-state index in [0.717, 1.165) is 24.4 Å². The van der Waals surface area contributed by atoms with Gasteiger partial charge in [-0.15, -0.1) is 0 Å². The van der Waals surface area contributed by atoms with Gasteiger partial charge in [-0.3, -0.25) is 0 Å². The van der Waals surface area contributed by atoms with Gasteiger partial charge in [-0.05, 0) is 31.7 Å². The average Bonchev–Trinajstić information content (AvgIpc) is 2.39. The summed E-state index contributed by atoms with van der Waals surface area (Å²) in [6.07, 6.45) is 0. The number of aryl methyl sites for hydroxylation is 1. The minimum Gasteiger partial charge on any atom is -0.457 e. The molecule has 0 amide bonds. The van der Waals surface area contributed by atoms with E-state index in [2.05, 4.69) is 18.3 Å². The smallest absolute Gasteiger partial charge is 0.131 e. The number of rotatable bonds is 5. The van der Waals surface area contributed by atoms with E-state index in [1.807, 2.05) is 19.1 Å². The zero-order valence-corrected chi connectivity index (χ0v) is 11.2. The molecule has 0 saturated heterocycles. The van der Waals surface area contributed by atoms with Crippen LogP contribution in [0, 0.1) is 12.7 Å². The Hall–Kier alpha value is -1.87. The van der Waals surface area contributed by atoms with E-state index >= 15 is 0 Å². The van der Waals surface area contributed by atoms with E-state index < -0.39 is 0 Å². The summed E-state index contributed by atoms with van der Waals surface area (Å²) in [5, 5.41) is 3.28. The average molecular weight is 259 g/mol. The van der Waals surface area contributed by atoms with Gasteiger partial charge in [0.15, 0.2) is 0 Å². The molecule has 0 aliphatic carbocycles. The van der Waals surface area contributed by atoms with Crippen molar-refractivity contribution in [3.63, 3.8) is 0 Å². The second-order valence-corrected chi connectivity index (χ2v) is 4.45. The van der Waals surface area contributed by atoms with Gasteiger partial charge >= 0.3 is 0 Å². The topological polar surface area (TPSA) is 21.3 Å². The van der Waals surface area contributed by atoms with Gasteiger partial charge in [-0.1, -0.05) is 30.7 Å². The molecule has 0 aliphatic heterocycles. The first kappa shape index (κ1) is 13.6. The van der Waals surface area contributed by atoms with E-state index in [9.17, 15) is 4.39 Å². The van der Waals surface area contributed by atoms with Gasteiger partial charge in [-0.2, -0.15) is 0 Å². The van der Waals surface area contributed by atoms with E-state index in [1.54, 1.807) is 12.1 Å². The molecule has 19 heavy (non-hydrogen) atoms. The lowest BCUT2D eigenvalue weighted by Crippen LogP contribution is -2.12. The fourth-order valence-electron chi connectivity index (χ4n) is 1.86. The Bertz CT molecular complexity index is 554. The van der Waals surface area contributed by atoms with Crippen molar-refractivity contribution in [2.45, 2.75) is 20.4 Å².